The number of amidine groups is 2. The van der Waals surface area contributed by atoms with E-state index in [2.05, 4.69) is 41.4 Å². The first kappa shape index (κ1) is 24.3. The second-order valence-electron chi connectivity index (χ2n) is 7.77. The Hall–Kier alpha value is -2.94. The summed E-state index contributed by atoms with van der Waals surface area (Å²) in [6, 6.07) is 5.00. The number of thiol groups is 1. The summed E-state index contributed by atoms with van der Waals surface area (Å²) >= 11 is 4.11. The molecule has 0 aliphatic carbocycles. The van der Waals surface area contributed by atoms with Gasteiger partial charge >= 0.3 is 0 Å². The molecule has 0 fully saturated rings. The normalized spacial score (nSPS) is 13.4. The first-order valence-corrected chi connectivity index (χ1v) is 10.5. The Morgan fingerprint density at radius 3 is 2.55 bits per heavy atom. The van der Waals surface area contributed by atoms with Crippen LogP contribution in [0.1, 0.15) is 66.4 Å². The van der Waals surface area contributed by atoms with Gasteiger partial charge in [0, 0.05) is 14.1 Å². The van der Waals surface area contributed by atoms with Gasteiger partial charge in [-0.3, -0.25) is 9.79 Å². The number of furan rings is 1. The average Bonchev–Trinajstić information content (AvgIpc) is 3.21. The van der Waals surface area contributed by atoms with Gasteiger partial charge in [-0.25, -0.2) is 4.99 Å². The zero-order chi connectivity index (χ0) is 23.3. The van der Waals surface area contributed by atoms with Crippen molar-refractivity contribution in [2.45, 2.75) is 46.1 Å². The number of hydrogen-bond acceptors (Lipinski definition) is 6. The van der Waals surface area contributed by atoms with Gasteiger partial charge in [-0.05, 0) is 42.5 Å². The largest absolute Gasteiger partial charge is 0.505 e. The number of rotatable bonds is 6. The van der Waals surface area contributed by atoms with E-state index in [1.165, 1.54) is 4.90 Å². The summed E-state index contributed by atoms with van der Waals surface area (Å²) in [5.41, 5.74) is 8.23. The zero-order valence-electron chi connectivity index (χ0n) is 18.8. The van der Waals surface area contributed by atoms with Crippen molar-refractivity contribution in [2.75, 3.05) is 14.1 Å². The number of phenols is 1. The molecule has 1 aromatic heterocycles. The fourth-order valence-electron chi connectivity index (χ4n) is 2.96. The minimum absolute atomic E-state index is 0.0199. The molecule has 1 amide bonds. The number of phenolic OH excluding ortho intramolecular Hbond substituents is 1. The van der Waals surface area contributed by atoms with Crippen LogP contribution in [-0.4, -0.2) is 41.7 Å². The van der Waals surface area contributed by atoms with Gasteiger partial charge in [0.25, 0.3) is 5.91 Å². The fraction of sp³-hybridized carbons (Fsp3) is 0.409. The standard InChI is InChI=1S/C22H31N5O3S/c1-7-15(17-10-14(11-30-17)12(2)3)25-21(26-31)20(23)24-16-9-8-13(4)18(19(16)28)22(29)27(5)6/h8-12,15,28,31H,7H2,1-6H3,(H2,23,24)(H,25,26)/t15-/m1/s1. The maximum Gasteiger partial charge on any atom is 0.257 e. The van der Waals surface area contributed by atoms with Crippen LogP contribution in [0.3, 0.4) is 0 Å². The molecule has 0 saturated heterocycles. The van der Waals surface area contributed by atoms with E-state index in [-0.39, 0.29) is 40.6 Å². The topological polar surface area (TPSA) is 116 Å². The lowest BCUT2D eigenvalue weighted by molar-refractivity contribution is 0.0824. The van der Waals surface area contributed by atoms with Gasteiger partial charge in [0.15, 0.2) is 17.4 Å². The predicted octanol–water partition coefficient (Wildman–Crippen LogP) is 4.09. The highest BCUT2D eigenvalue weighted by atomic mass is 32.1. The summed E-state index contributed by atoms with van der Waals surface area (Å²) in [6.45, 7) is 7.91. The van der Waals surface area contributed by atoms with Crippen molar-refractivity contribution in [2.24, 2.45) is 15.7 Å². The second kappa shape index (κ2) is 10.4. The Morgan fingerprint density at radius 2 is 2.03 bits per heavy atom. The summed E-state index contributed by atoms with van der Waals surface area (Å²) in [4.78, 5) is 22.7. The van der Waals surface area contributed by atoms with Gasteiger partial charge in [-0.2, -0.15) is 0 Å². The Balaban J connectivity index is 2.43. The second-order valence-corrected chi connectivity index (χ2v) is 8.00. The van der Waals surface area contributed by atoms with E-state index >= 15 is 0 Å². The smallest absolute Gasteiger partial charge is 0.257 e. The number of carbonyl (C=O) groups is 1. The predicted molar refractivity (Wildman–Crippen MR) is 128 cm³/mol. The van der Waals surface area contributed by atoms with Crippen LogP contribution in [0.4, 0.5) is 5.69 Å². The summed E-state index contributed by atoms with van der Waals surface area (Å²) in [7, 11) is 3.23. The van der Waals surface area contributed by atoms with Crippen LogP contribution in [0.5, 0.6) is 5.75 Å². The van der Waals surface area contributed by atoms with Gasteiger partial charge in [0.05, 0.1) is 11.8 Å². The number of aromatic hydroxyl groups is 1. The van der Waals surface area contributed by atoms with Crippen LogP contribution >= 0.6 is 12.8 Å². The molecule has 1 aromatic carbocycles. The monoisotopic (exact) mass is 445 g/mol. The van der Waals surface area contributed by atoms with Crippen molar-refractivity contribution in [1.82, 2.24) is 9.62 Å². The lowest BCUT2D eigenvalue weighted by Crippen LogP contribution is -2.32. The molecule has 9 heteroatoms. The third-order valence-corrected chi connectivity index (χ3v) is 5.09. The molecule has 1 heterocycles. The molecule has 0 bridgehead atoms. The van der Waals surface area contributed by atoms with Crippen LogP contribution in [-0.2, 0) is 0 Å². The lowest BCUT2D eigenvalue weighted by Gasteiger charge is -2.15. The van der Waals surface area contributed by atoms with Crippen LogP contribution in [0, 0.1) is 6.92 Å². The molecule has 0 saturated carbocycles. The molecule has 0 radical (unpaired) electrons. The van der Waals surface area contributed by atoms with E-state index < -0.39 is 0 Å². The first-order chi connectivity index (χ1) is 14.6. The maximum absolute atomic E-state index is 12.4. The maximum atomic E-state index is 12.4. The average molecular weight is 446 g/mol. The van der Waals surface area contributed by atoms with Gasteiger partial charge in [-0.1, -0.05) is 39.7 Å². The number of aliphatic imine (C=N–C) groups is 2. The van der Waals surface area contributed by atoms with E-state index in [1.54, 1.807) is 39.4 Å². The van der Waals surface area contributed by atoms with Crippen molar-refractivity contribution in [3.05, 3.63) is 46.9 Å². The SMILES string of the molecule is CC[C@@H](N=C(NS)C(N)=Nc1ccc(C)c(C(=O)N(C)C)c1O)c1cc(C(C)C)co1. The number of nitrogens with two attached hydrogens (primary N) is 1. The summed E-state index contributed by atoms with van der Waals surface area (Å²) in [5.74, 6) is 0.759. The summed E-state index contributed by atoms with van der Waals surface area (Å²) in [5, 5.41) is 10.6. The number of aryl methyl sites for hydroxylation is 1. The molecule has 4 N–H and O–H groups in total. The number of carbonyl (C=O) groups excluding carboxylic acids is 1. The number of nitrogens with zero attached hydrogens (tertiary/aromatic N) is 3. The zero-order valence-corrected chi connectivity index (χ0v) is 19.7. The molecule has 8 nitrogen and oxygen atoms in total. The van der Waals surface area contributed by atoms with Crippen molar-refractivity contribution < 1.29 is 14.3 Å². The van der Waals surface area contributed by atoms with E-state index in [9.17, 15) is 9.90 Å². The van der Waals surface area contributed by atoms with Crippen LogP contribution in [0.25, 0.3) is 0 Å². The molecule has 0 unspecified atom stereocenters. The van der Waals surface area contributed by atoms with Crippen molar-refractivity contribution in [1.29, 1.82) is 0 Å². The highest BCUT2D eigenvalue weighted by Crippen LogP contribution is 2.33. The molecule has 2 aromatic rings. The van der Waals surface area contributed by atoms with Crippen molar-refractivity contribution in [3.8, 4) is 5.75 Å². The van der Waals surface area contributed by atoms with Crippen LogP contribution < -0.4 is 10.5 Å². The molecule has 2 rings (SSSR count). The molecule has 0 spiro atoms. The Kier molecular flexibility index (Phi) is 8.15. The van der Waals surface area contributed by atoms with E-state index in [1.807, 2.05) is 13.0 Å². The first-order valence-electron chi connectivity index (χ1n) is 10.1. The molecular weight excluding hydrogens is 414 g/mol. The number of benzene rings is 1. The third kappa shape index (κ3) is 5.61. The van der Waals surface area contributed by atoms with Gasteiger partial charge in [-0.15, -0.1) is 0 Å². The highest BCUT2D eigenvalue weighted by molar-refractivity contribution is 7.78. The van der Waals surface area contributed by atoms with E-state index in [0.717, 1.165) is 11.3 Å². The Morgan fingerprint density at radius 1 is 1.35 bits per heavy atom. The summed E-state index contributed by atoms with van der Waals surface area (Å²) < 4.78 is 8.36. The molecule has 168 valence electrons. The number of amides is 1. The Labute approximate surface area is 188 Å². The van der Waals surface area contributed by atoms with Gasteiger partial charge in [0.1, 0.15) is 17.5 Å². The van der Waals surface area contributed by atoms with E-state index in [0.29, 0.717) is 17.9 Å². The summed E-state index contributed by atoms with van der Waals surface area (Å²) in [6.07, 6.45) is 2.41. The van der Waals surface area contributed by atoms with Crippen LogP contribution in [0.2, 0.25) is 0 Å². The highest BCUT2D eigenvalue weighted by Gasteiger charge is 2.20. The quantitative estimate of drug-likeness (QED) is 0.304. The molecule has 0 aliphatic heterocycles. The molecule has 1 atom stereocenters. The minimum Gasteiger partial charge on any atom is -0.505 e. The molecule has 31 heavy (non-hydrogen) atoms. The third-order valence-electron chi connectivity index (χ3n) is 4.88. The number of nitrogens with one attached hydrogen (secondary N) is 1. The van der Waals surface area contributed by atoms with Gasteiger partial charge in [0.2, 0.25) is 0 Å². The minimum atomic E-state index is -0.323. The lowest BCUT2D eigenvalue weighted by atomic mass is 10.1. The van der Waals surface area contributed by atoms with Crippen LogP contribution in [0.15, 0.2) is 38.9 Å². The fourth-order valence-corrected chi connectivity index (χ4v) is 3.13. The van der Waals surface area contributed by atoms with Gasteiger partial charge < -0.3 is 24.9 Å². The van der Waals surface area contributed by atoms with Crippen molar-refractivity contribution in [3.63, 3.8) is 0 Å². The number of hydrogen-bond donors (Lipinski definition) is 4. The molecule has 0 aliphatic rings. The molecular formula is C22H31N5O3S. The van der Waals surface area contributed by atoms with E-state index in [4.69, 9.17) is 10.2 Å². The Bertz CT molecular complexity index is 995. The van der Waals surface area contributed by atoms with Crippen molar-refractivity contribution >= 4 is 36.1 Å².